The average molecular weight is 210 g/mol. The number of hydrogen-bond donors (Lipinski definition) is 1. The number of carbonyl (C=O) groups is 1. The van der Waals surface area contributed by atoms with E-state index in [9.17, 15) is 4.79 Å². The molecule has 1 aromatic heterocycles. The van der Waals surface area contributed by atoms with Gasteiger partial charge in [0, 0.05) is 5.92 Å². The summed E-state index contributed by atoms with van der Waals surface area (Å²) in [5, 5.41) is 8.67. The molecule has 1 N–H and O–H groups in total. The maximum Gasteiger partial charge on any atom is 0.392 e. The predicted molar refractivity (Wildman–Crippen MR) is 52.9 cm³/mol. The number of likely N-dealkylation sites (tertiary alicyclic amines) is 1. The van der Waals surface area contributed by atoms with Gasteiger partial charge in [0.1, 0.15) is 5.76 Å². The van der Waals surface area contributed by atoms with Gasteiger partial charge in [-0.15, -0.1) is 0 Å². The fourth-order valence-corrected chi connectivity index (χ4v) is 1.87. The van der Waals surface area contributed by atoms with Crippen molar-refractivity contribution in [3.8, 4) is 0 Å². The van der Waals surface area contributed by atoms with Crippen LogP contribution in [0.5, 0.6) is 0 Å². The van der Waals surface area contributed by atoms with Crippen molar-refractivity contribution in [1.29, 1.82) is 0 Å². The zero-order valence-corrected chi connectivity index (χ0v) is 8.64. The highest BCUT2D eigenvalue weighted by Crippen LogP contribution is 2.27. The molecule has 1 saturated heterocycles. The van der Waals surface area contributed by atoms with Crippen LogP contribution in [0.2, 0.25) is 0 Å². The third-order valence-corrected chi connectivity index (χ3v) is 2.83. The fraction of sp³-hybridized carbons (Fsp3) is 0.600. The number of aromatic nitrogens is 1. The average Bonchev–Trinajstić information content (AvgIpc) is 2.68. The van der Waals surface area contributed by atoms with Crippen LogP contribution in [-0.4, -0.2) is 41.1 Å². The summed E-state index contributed by atoms with van der Waals surface area (Å²) in [6.07, 6.45) is 3.55. The molecule has 5 heteroatoms. The van der Waals surface area contributed by atoms with E-state index in [0.717, 1.165) is 25.9 Å². The molecule has 5 nitrogen and oxygen atoms in total. The van der Waals surface area contributed by atoms with Gasteiger partial charge >= 0.3 is 11.9 Å². The maximum absolute atomic E-state index is 10.6. The zero-order chi connectivity index (χ0) is 10.8. The first kappa shape index (κ1) is 10.2. The van der Waals surface area contributed by atoms with Gasteiger partial charge in [0.15, 0.2) is 0 Å². The molecule has 1 aromatic rings. The molecule has 0 saturated carbocycles. The smallest absolute Gasteiger partial charge is 0.392 e. The molecular formula is C10H14N2O3. The standard InChI is InChI=1S/C10H14N2O3/c1-12-4-2-7(3-5-12)8-6-11-9(15-8)10(13)14/h6-7H,2-5H2,1H3,(H,13,14). The molecule has 1 aliphatic heterocycles. The molecule has 2 rings (SSSR count). The predicted octanol–water partition coefficient (Wildman–Crippen LogP) is 1.18. The molecule has 0 amide bonds. The van der Waals surface area contributed by atoms with Crippen molar-refractivity contribution in [2.24, 2.45) is 0 Å². The summed E-state index contributed by atoms with van der Waals surface area (Å²) in [6, 6.07) is 0. The van der Waals surface area contributed by atoms with E-state index >= 15 is 0 Å². The minimum atomic E-state index is -1.10. The topological polar surface area (TPSA) is 66.6 Å². The maximum atomic E-state index is 10.6. The normalized spacial score (nSPS) is 19.3. The van der Waals surface area contributed by atoms with Gasteiger partial charge in [-0.1, -0.05) is 0 Å². The summed E-state index contributed by atoms with van der Waals surface area (Å²) in [7, 11) is 2.08. The van der Waals surface area contributed by atoms with Gasteiger partial charge in [-0.2, -0.15) is 0 Å². The van der Waals surface area contributed by atoms with E-state index in [2.05, 4.69) is 16.9 Å². The Morgan fingerprint density at radius 1 is 1.60 bits per heavy atom. The van der Waals surface area contributed by atoms with Crippen LogP contribution in [0.3, 0.4) is 0 Å². The molecule has 2 heterocycles. The lowest BCUT2D eigenvalue weighted by molar-refractivity contribution is 0.0650. The molecule has 0 unspecified atom stereocenters. The molecule has 0 aliphatic carbocycles. The number of nitrogens with zero attached hydrogens (tertiary/aromatic N) is 2. The molecule has 82 valence electrons. The Bertz CT molecular complexity index is 353. The number of carboxylic acid groups (broad SMARTS) is 1. The third-order valence-electron chi connectivity index (χ3n) is 2.83. The SMILES string of the molecule is CN1CCC(c2cnc(C(=O)O)o2)CC1. The van der Waals surface area contributed by atoms with Gasteiger partial charge in [0.05, 0.1) is 6.20 Å². The zero-order valence-electron chi connectivity index (χ0n) is 8.64. The van der Waals surface area contributed by atoms with Gasteiger partial charge < -0.3 is 14.4 Å². The van der Waals surface area contributed by atoms with E-state index in [1.165, 1.54) is 0 Å². The second-order valence-electron chi connectivity index (χ2n) is 3.95. The second-order valence-corrected chi connectivity index (χ2v) is 3.95. The molecular weight excluding hydrogens is 196 g/mol. The highest BCUT2D eigenvalue weighted by molar-refractivity contribution is 5.81. The van der Waals surface area contributed by atoms with Crippen molar-refractivity contribution in [2.45, 2.75) is 18.8 Å². The van der Waals surface area contributed by atoms with Crippen LogP contribution in [0, 0.1) is 0 Å². The number of piperidine rings is 1. The number of oxazole rings is 1. The molecule has 0 spiro atoms. The highest BCUT2D eigenvalue weighted by Gasteiger charge is 2.23. The van der Waals surface area contributed by atoms with Crippen LogP contribution in [0.1, 0.15) is 35.2 Å². The van der Waals surface area contributed by atoms with Crippen LogP contribution >= 0.6 is 0 Å². The lowest BCUT2D eigenvalue weighted by Gasteiger charge is -2.27. The van der Waals surface area contributed by atoms with Crippen molar-refractivity contribution in [3.63, 3.8) is 0 Å². The largest absolute Gasteiger partial charge is 0.474 e. The lowest BCUT2D eigenvalue weighted by Crippen LogP contribution is -2.29. The summed E-state index contributed by atoms with van der Waals surface area (Å²) in [6.45, 7) is 2.04. The summed E-state index contributed by atoms with van der Waals surface area (Å²) in [5.41, 5.74) is 0. The van der Waals surface area contributed by atoms with Crippen LogP contribution in [0.25, 0.3) is 0 Å². The number of carboxylic acids is 1. The Balaban J connectivity index is 2.06. The highest BCUT2D eigenvalue weighted by atomic mass is 16.4. The first-order valence-corrected chi connectivity index (χ1v) is 5.04. The van der Waals surface area contributed by atoms with E-state index in [4.69, 9.17) is 9.52 Å². The second kappa shape index (κ2) is 4.02. The molecule has 0 aromatic carbocycles. The van der Waals surface area contributed by atoms with Crippen molar-refractivity contribution in [2.75, 3.05) is 20.1 Å². The minimum absolute atomic E-state index is 0.205. The van der Waals surface area contributed by atoms with Crippen molar-refractivity contribution in [1.82, 2.24) is 9.88 Å². The first-order valence-electron chi connectivity index (χ1n) is 5.04. The van der Waals surface area contributed by atoms with Gasteiger partial charge in [0.25, 0.3) is 0 Å². The summed E-state index contributed by atoms with van der Waals surface area (Å²) in [4.78, 5) is 16.6. The summed E-state index contributed by atoms with van der Waals surface area (Å²) >= 11 is 0. The van der Waals surface area contributed by atoms with Crippen molar-refractivity contribution >= 4 is 5.97 Å². The molecule has 0 bridgehead atoms. The van der Waals surface area contributed by atoms with E-state index in [1.54, 1.807) is 6.20 Å². The quantitative estimate of drug-likeness (QED) is 0.794. The molecule has 15 heavy (non-hydrogen) atoms. The van der Waals surface area contributed by atoms with Gasteiger partial charge in [0.2, 0.25) is 0 Å². The number of rotatable bonds is 2. The van der Waals surface area contributed by atoms with Gasteiger partial charge in [-0.3, -0.25) is 0 Å². The Kier molecular flexibility index (Phi) is 2.73. The van der Waals surface area contributed by atoms with E-state index in [0.29, 0.717) is 11.7 Å². The summed E-state index contributed by atoms with van der Waals surface area (Å²) in [5.74, 6) is -0.277. The number of hydrogen-bond acceptors (Lipinski definition) is 4. The Morgan fingerprint density at radius 3 is 2.80 bits per heavy atom. The van der Waals surface area contributed by atoms with Crippen LogP contribution in [-0.2, 0) is 0 Å². The minimum Gasteiger partial charge on any atom is -0.474 e. The summed E-state index contributed by atoms with van der Waals surface area (Å²) < 4.78 is 5.19. The third kappa shape index (κ3) is 2.18. The fourth-order valence-electron chi connectivity index (χ4n) is 1.87. The number of aromatic carboxylic acids is 1. The van der Waals surface area contributed by atoms with E-state index < -0.39 is 5.97 Å². The van der Waals surface area contributed by atoms with E-state index in [-0.39, 0.29) is 5.89 Å². The first-order chi connectivity index (χ1) is 7.16. The van der Waals surface area contributed by atoms with Crippen LogP contribution < -0.4 is 0 Å². The van der Waals surface area contributed by atoms with Gasteiger partial charge in [-0.25, -0.2) is 9.78 Å². The van der Waals surface area contributed by atoms with Crippen molar-refractivity contribution in [3.05, 3.63) is 17.8 Å². The molecule has 0 radical (unpaired) electrons. The van der Waals surface area contributed by atoms with Crippen molar-refractivity contribution < 1.29 is 14.3 Å². The van der Waals surface area contributed by atoms with Gasteiger partial charge in [-0.05, 0) is 33.0 Å². The molecule has 0 atom stereocenters. The lowest BCUT2D eigenvalue weighted by atomic mass is 9.95. The Morgan fingerprint density at radius 2 is 2.27 bits per heavy atom. The van der Waals surface area contributed by atoms with E-state index in [1.807, 2.05) is 0 Å². The van der Waals surface area contributed by atoms with Crippen LogP contribution in [0.15, 0.2) is 10.6 Å². The Hall–Kier alpha value is -1.36. The van der Waals surface area contributed by atoms with Crippen LogP contribution in [0.4, 0.5) is 0 Å². The molecule has 1 aliphatic rings. The molecule has 1 fully saturated rings. The Labute approximate surface area is 87.7 Å². The monoisotopic (exact) mass is 210 g/mol.